The summed E-state index contributed by atoms with van der Waals surface area (Å²) in [5, 5.41) is 37.5. The van der Waals surface area contributed by atoms with Gasteiger partial charge < -0.3 is 10.2 Å². The van der Waals surface area contributed by atoms with Crippen LogP contribution < -0.4 is 0 Å². The van der Waals surface area contributed by atoms with Crippen molar-refractivity contribution in [1.29, 1.82) is 0 Å². The normalized spacial score (nSPS) is 11.9. The maximum absolute atomic E-state index is 11.8. The molecular formula is C17H13N3O6. The molecule has 0 aliphatic carbocycles. The number of carboxylic acids is 1. The lowest BCUT2D eigenvalue weighted by molar-refractivity contribution is -0.384. The summed E-state index contributed by atoms with van der Waals surface area (Å²) in [7, 11) is 0. The zero-order valence-corrected chi connectivity index (χ0v) is 13.5. The van der Waals surface area contributed by atoms with Crippen molar-refractivity contribution in [3.8, 4) is 0 Å². The van der Waals surface area contributed by atoms with Gasteiger partial charge in [-0.2, -0.15) is 0 Å². The minimum Gasteiger partial charge on any atom is -0.505 e. The summed E-state index contributed by atoms with van der Waals surface area (Å²) in [5.41, 5.74) is -1.12. The fraction of sp³-hybridized carbons (Fsp3) is 0.0588. The van der Waals surface area contributed by atoms with E-state index < -0.39 is 28.1 Å². The van der Waals surface area contributed by atoms with Crippen LogP contribution in [0.3, 0.4) is 0 Å². The lowest BCUT2D eigenvalue weighted by atomic mass is 10.1. The van der Waals surface area contributed by atoms with Gasteiger partial charge in [-0.25, -0.2) is 4.79 Å². The third kappa shape index (κ3) is 4.15. The lowest BCUT2D eigenvalue weighted by Crippen LogP contribution is -2.00. The number of nitro benzene ring substituents is 1. The van der Waals surface area contributed by atoms with Crippen molar-refractivity contribution in [2.45, 2.75) is 6.92 Å². The number of rotatable bonds is 6. The minimum absolute atomic E-state index is 0.314. The Labute approximate surface area is 147 Å². The number of allylic oxidation sites excluding steroid dienone is 1. The number of azo groups is 1. The molecule has 0 saturated carbocycles. The summed E-state index contributed by atoms with van der Waals surface area (Å²) in [6.07, 6.45) is 0. The lowest BCUT2D eigenvalue weighted by Gasteiger charge is -2.04. The molecule has 0 atom stereocenters. The van der Waals surface area contributed by atoms with Crippen molar-refractivity contribution < 1.29 is 24.7 Å². The molecule has 2 N–H and O–H groups in total. The highest BCUT2D eigenvalue weighted by molar-refractivity contribution is 5.99. The van der Waals surface area contributed by atoms with Gasteiger partial charge in [-0.3, -0.25) is 14.9 Å². The summed E-state index contributed by atoms with van der Waals surface area (Å²) in [4.78, 5) is 33.2. The highest BCUT2D eigenvalue weighted by Gasteiger charge is 2.17. The van der Waals surface area contributed by atoms with Crippen molar-refractivity contribution in [2.24, 2.45) is 10.2 Å². The average molecular weight is 355 g/mol. The number of aromatic carboxylic acids is 1. The van der Waals surface area contributed by atoms with Gasteiger partial charge in [0, 0.05) is 24.6 Å². The Morgan fingerprint density at radius 3 is 2.27 bits per heavy atom. The van der Waals surface area contributed by atoms with E-state index in [0.29, 0.717) is 5.56 Å². The molecule has 0 heterocycles. The number of benzene rings is 2. The van der Waals surface area contributed by atoms with Gasteiger partial charge >= 0.3 is 5.97 Å². The van der Waals surface area contributed by atoms with Crippen molar-refractivity contribution in [2.75, 3.05) is 0 Å². The molecule has 0 amide bonds. The second-order valence-corrected chi connectivity index (χ2v) is 5.08. The van der Waals surface area contributed by atoms with Gasteiger partial charge in [0.15, 0.2) is 17.2 Å². The van der Waals surface area contributed by atoms with Crippen molar-refractivity contribution >= 4 is 28.9 Å². The number of aliphatic hydroxyl groups excluding tert-OH is 1. The van der Waals surface area contributed by atoms with Crippen LogP contribution >= 0.6 is 0 Å². The van der Waals surface area contributed by atoms with Crippen molar-refractivity contribution in [3.63, 3.8) is 0 Å². The number of hydrogen-bond acceptors (Lipinski definition) is 7. The molecule has 0 saturated heterocycles. The fourth-order valence-corrected chi connectivity index (χ4v) is 2.02. The first-order valence-electron chi connectivity index (χ1n) is 7.24. The second kappa shape index (κ2) is 7.79. The quantitative estimate of drug-likeness (QED) is 0.264. The maximum atomic E-state index is 11.8. The Hall–Kier alpha value is -3.88. The van der Waals surface area contributed by atoms with Crippen LogP contribution in [-0.2, 0) is 4.79 Å². The first kappa shape index (κ1) is 18.5. The van der Waals surface area contributed by atoms with Gasteiger partial charge in [0.2, 0.25) is 0 Å². The van der Waals surface area contributed by atoms with Gasteiger partial charge in [0.1, 0.15) is 5.69 Å². The molecule has 0 radical (unpaired) electrons. The van der Waals surface area contributed by atoms with E-state index >= 15 is 0 Å². The van der Waals surface area contributed by atoms with Crippen LogP contribution in [0.1, 0.15) is 22.8 Å². The first-order chi connectivity index (χ1) is 12.3. The number of Topliss-reactive ketones (excluding diaryl/α,β-unsaturated/α-hetero) is 1. The molecule has 9 nitrogen and oxygen atoms in total. The minimum atomic E-state index is -1.37. The van der Waals surface area contributed by atoms with E-state index in [4.69, 9.17) is 5.11 Å². The average Bonchev–Trinajstić information content (AvgIpc) is 2.61. The van der Waals surface area contributed by atoms with E-state index in [9.17, 15) is 24.8 Å². The van der Waals surface area contributed by atoms with E-state index in [1.165, 1.54) is 0 Å². The van der Waals surface area contributed by atoms with Crippen LogP contribution in [0.25, 0.3) is 5.76 Å². The Morgan fingerprint density at radius 2 is 1.73 bits per heavy atom. The molecule has 26 heavy (non-hydrogen) atoms. The van der Waals surface area contributed by atoms with Crippen molar-refractivity contribution in [1.82, 2.24) is 0 Å². The number of carbonyl (C=O) groups is 2. The van der Waals surface area contributed by atoms with E-state index in [1.54, 1.807) is 30.3 Å². The summed E-state index contributed by atoms with van der Waals surface area (Å²) in [5.74, 6) is -2.42. The first-order valence-corrected chi connectivity index (χ1v) is 7.24. The van der Waals surface area contributed by atoms with Gasteiger partial charge in [-0.15, -0.1) is 10.2 Å². The van der Waals surface area contributed by atoms with E-state index in [-0.39, 0.29) is 16.9 Å². The van der Waals surface area contributed by atoms with E-state index in [1.807, 2.05) is 0 Å². The summed E-state index contributed by atoms with van der Waals surface area (Å²) >= 11 is 0. The van der Waals surface area contributed by atoms with E-state index in [2.05, 4.69) is 10.2 Å². The largest absolute Gasteiger partial charge is 0.505 e. The number of nitro groups is 1. The third-order valence-corrected chi connectivity index (χ3v) is 3.29. The molecule has 2 rings (SSSR count). The molecule has 0 aliphatic heterocycles. The number of ketones is 1. The third-order valence-electron chi connectivity index (χ3n) is 3.29. The number of aliphatic hydroxyl groups is 1. The molecule has 0 aromatic heterocycles. The van der Waals surface area contributed by atoms with Crippen LogP contribution in [0.4, 0.5) is 11.4 Å². The highest BCUT2D eigenvalue weighted by atomic mass is 16.6. The zero-order chi connectivity index (χ0) is 19.3. The number of carbonyl (C=O) groups excluding carboxylic acids is 1. The van der Waals surface area contributed by atoms with Gasteiger partial charge in [0.05, 0.1) is 10.5 Å². The topological polar surface area (TPSA) is 142 Å². The van der Waals surface area contributed by atoms with Crippen LogP contribution in [0.5, 0.6) is 0 Å². The number of hydrogen-bond donors (Lipinski definition) is 2. The standard InChI is InChI=1S/C17H13N3O6/c1-10(21)15(16(22)11-5-3-2-4-6-11)19-18-14-9-12(20(25)26)7-8-13(14)17(23)24/h2-9,22H,1H3,(H,23,24)/b16-15-,19-18?. The SMILES string of the molecule is CC(=O)/C(N=Nc1cc([N+](=O)[O-])ccc1C(=O)O)=C(/O)c1ccccc1. The molecule has 9 heteroatoms. The molecule has 0 aliphatic rings. The molecule has 0 spiro atoms. The molecule has 0 unspecified atom stereocenters. The van der Waals surface area contributed by atoms with Crippen LogP contribution in [-0.4, -0.2) is 26.9 Å². The predicted molar refractivity (Wildman–Crippen MR) is 91.2 cm³/mol. The molecule has 0 fully saturated rings. The summed E-state index contributed by atoms with van der Waals surface area (Å²) < 4.78 is 0. The van der Waals surface area contributed by atoms with Gasteiger partial charge in [-0.05, 0) is 6.07 Å². The smallest absolute Gasteiger partial charge is 0.337 e. The Morgan fingerprint density at radius 1 is 1.08 bits per heavy atom. The monoisotopic (exact) mass is 355 g/mol. The van der Waals surface area contributed by atoms with Gasteiger partial charge in [-0.1, -0.05) is 30.3 Å². The summed E-state index contributed by atoms with van der Waals surface area (Å²) in [6.45, 7) is 1.15. The molecular weight excluding hydrogens is 342 g/mol. The Kier molecular flexibility index (Phi) is 5.53. The van der Waals surface area contributed by atoms with Crippen molar-refractivity contribution in [3.05, 3.63) is 75.5 Å². The molecule has 2 aromatic carbocycles. The van der Waals surface area contributed by atoms with Crippen LogP contribution in [0, 0.1) is 10.1 Å². The fourth-order valence-electron chi connectivity index (χ4n) is 2.02. The zero-order valence-electron chi connectivity index (χ0n) is 13.5. The number of non-ortho nitro benzene ring substituents is 1. The van der Waals surface area contributed by atoms with Crippen LogP contribution in [0.15, 0.2) is 64.5 Å². The second-order valence-electron chi connectivity index (χ2n) is 5.08. The Bertz CT molecular complexity index is 935. The van der Waals surface area contributed by atoms with Gasteiger partial charge in [0.25, 0.3) is 5.69 Å². The highest BCUT2D eigenvalue weighted by Crippen LogP contribution is 2.27. The van der Waals surface area contributed by atoms with E-state index in [0.717, 1.165) is 25.1 Å². The summed E-state index contributed by atoms with van der Waals surface area (Å²) in [6, 6.07) is 11.0. The predicted octanol–water partition coefficient (Wildman–Crippen LogP) is 3.89. The Balaban J connectivity index is 2.55. The maximum Gasteiger partial charge on any atom is 0.337 e. The molecule has 2 aromatic rings. The number of nitrogens with zero attached hydrogens (tertiary/aromatic N) is 3. The van der Waals surface area contributed by atoms with Crippen LogP contribution in [0.2, 0.25) is 0 Å². The molecule has 0 bridgehead atoms. The molecule has 132 valence electrons. The number of carboxylic acid groups (broad SMARTS) is 1.